The van der Waals surface area contributed by atoms with Gasteiger partial charge in [0.2, 0.25) is 0 Å². The van der Waals surface area contributed by atoms with E-state index in [0.29, 0.717) is 6.10 Å². The maximum absolute atomic E-state index is 5.51. The average molecular weight is 171 g/mol. The summed E-state index contributed by atoms with van der Waals surface area (Å²) in [6.45, 7) is 9.86. The van der Waals surface area contributed by atoms with Crippen molar-refractivity contribution in [2.45, 2.75) is 45.8 Å². The lowest BCUT2D eigenvalue weighted by Gasteiger charge is -2.36. The summed E-state index contributed by atoms with van der Waals surface area (Å²) in [4.78, 5) is 2.56. The van der Waals surface area contributed by atoms with Crippen molar-refractivity contribution in [1.82, 2.24) is 4.90 Å². The third-order valence-electron chi connectivity index (χ3n) is 2.73. The predicted octanol–water partition coefficient (Wildman–Crippen LogP) is 1.90. The van der Waals surface area contributed by atoms with Crippen molar-refractivity contribution in [3.8, 4) is 0 Å². The van der Waals surface area contributed by atoms with Crippen molar-refractivity contribution in [2.24, 2.45) is 0 Å². The average Bonchev–Trinajstić information content (AvgIpc) is 2.07. The number of morpholine rings is 1. The molecule has 0 saturated carbocycles. The summed E-state index contributed by atoms with van der Waals surface area (Å²) in [7, 11) is 0. The molecule has 1 fully saturated rings. The fraction of sp³-hybridized carbons (Fsp3) is 1.00. The summed E-state index contributed by atoms with van der Waals surface area (Å²) in [6.07, 6.45) is 2.96. The molecular formula is C10H21NO. The molecule has 1 rings (SSSR count). The van der Waals surface area contributed by atoms with E-state index >= 15 is 0 Å². The first kappa shape index (κ1) is 10.0. The van der Waals surface area contributed by atoms with Gasteiger partial charge in [-0.05, 0) is 19.8 Å². The quantitative estimate of drug-likeness (QED) is 0.643. The Kier molecular flexibility index (Phi) is 4.02. The minimum Gasteiger partial charge on any atom is -0.376 e. The summed E-state index contributed by atoms with van der Waals surface area (Å²) >= 11 is 0. The molecule has 0 N–H and O–H groups in total. The zero-order valence-electron chi connectivity index (χ0n) is 8.55. The van der Waals surface area contributed by atoms with Gasteiger partial charge in [-0.2, -0.15) is 0 Å². The molecule has 0 aliphatic carbocycles. The highest BCUT2D eigenvalue weighted by Crippen LogP contribution is 2.13. The van der Waals surface area contributed by atoms with Gasteiger partial charge in [-0.1, -0.05) is 13.8 Å². The molecular weight excluding hydrogens is 150 g/mol. The van der Waals surface area contributed by atoms with Crippen molar-refractivity contribution in [3.63, 3.8) is 0 Å². The van der Waals surface area contributed by atoms with Crippen LogP contribution in [0.4, 0.5) is 0 Å². The van der Waals surface area contributed by atoms with Crippen molar-refractivity contribution in [2.75, 3.05) is 19.7 Å². The van der Waals surface area contributed by atoms with Crippen molar-refractivity contribution >= 4 is 0 Å². The van der Waals surface area contributed by atoms with Crippen molar-refractivity contribution in [1.29, 1.82) is 0 Å². The molecule has 12 heavy (non-hydrogen) atoms. The lowest BCUT2D eigenvalue weighted by molar-refractivity contribution is -0.0350. The van der Waals surface area contributed by atoms with Crippen LogP contribution in [0.25, 0.3) is 0 Å². The minimum atomic E-state index is 0.430. The molecule has 1 aliphatic heterocycles. The van der Waals surface area contributed by atoms with Crippen molar-refractivity contribution < 1.29 is 4.74 Å². The third-order valence-corrected chi connectivity index (χ3v) is 2.73. The monoisotopic (exact) mass is 171 g/mol. The Morgan fingerprint density at radius 2 is 2.08 bits per heavy atom. The van der Waals surface area contributed by atoms with Gasteiger partial charge in [-0.15, -0.1) is 0 Å². The highest BCUT2D eigenvalue weighted by atomic mass is 16.5. The largest absolute Gasteiger partial charge is 0.376 e. The zero-order chi connectivity index (χ0) is 8.97. The Balaban J connectivity index is 2.38. The van der Waals surface area contributed by atoms with Crippen LogP contribution < -0.4 is 0 Å². The Labute approximate surface area is 75.9 Å². The molecule has 0 aromatic heterocycles. The molecule has 0 aromatic rings. The highest BCUT2D eigenvalue weighted by Gasteiger charge is 2.21. The smallest absolute Gasteiger partial charge is 0.0674 e. The van der Waals surface area contributed by atoms with E-state index in [2.05, 4.69) is 25.7 Å². The minimum absolute atomic E-state index is 0.430. The fourth-order valence-electron chi connectivity index (χ4n) is 1.98. The van der Waals surface area contributed by atoms with E-state index in [1.165, 1.54) is 12.8 Å². The number of rotatable bonds is 3. The molecule has 0 bridgehead atoms. The SMILES string of the molecule is CCC(CC)N1CCOC(C)C1. The first-order chi connectivity index (χ1) is 5.77. The second kappa shape index (κ2) is 4.83. The Bertz CT molecular complexity index is 123. The standard InChI is InChI=1S/C10H21NO/c1-4-10(5-2)11-6-7-12-9(3)8-11/h9-10H,4-8H2,1-3H3. The number of hydrogen-bond acceptors (Lipinski definition) is 2. The molecule has 0 amide bonds. The van der Waals surface area contributed by atoms with Crippen LogP contribution in [0.3, 0.4) is 0 Å². The zero-order valence-corrected chi connectivity index (χ0v) is 8.55. The van der Waals surface area contributed by atoms with Gasteiger partial charge in [0, 0.05) is 19.1 Å². The molecule has 72 valence electrons. The van der Waals surface area contributed by atoms with Gasteiger partial charge in [0.1, 0.15) is 0 Å². The second-order valence-corrected chi connectivity index (χ2v) is 3.65. The van der Waals surface area contributed by atoms with Crippen LogP contribution in [0.15, 0.2) is 0 Å². The van der Waals surface area contributed by atoms with Gasteiger partial charge in [0.25, 0.3) is 0 Å². The Morgan fingerprint density at radius 3 is 2.58 bits per heavy atom. The van der Waals surface area contributed by atoms with Crippen LogP contribution in [-0.4, -0.2) is 36.7 Å². The van der Waals surface area contributed by atoms with E-state index in [1.54, 1.807) is 0 Å². The van der Waals surface area contributed by atoms with E-state index in [1.807, 2.05) is 0 Å². The normalized spacial score (nSPS) is 26.5. The number of ether oxygens (including phenoxy) is 1. The van der Waals surface area contributed by atoms with Gasteiger partial charge < -0.3 is 4.74 Å². The van der Waals surface area contributed by atoms with Gasteiger partial charge in [-0.25, -0.2) is 0 Å². The summed E-state index contributed by atoms with van der Waals surface area (Å²) in [6, 6.07) is 0.774. The summed E-state index contributed by atoms with van der Waals surface area (Å²) in [5.41, 5.74) is 0. The van der Waals surface area contributed by atoms with Gasteiger partial charge in [0.05, 0.1) is 12.7 Å². The van der Waals surface area contributed by atoms with Gasteiger partial charge in [0.15, 0.2) is 0 Å². The lowest BCUT2D eigenvalue weighted by atomic mass is 10.1. The van der Waals surface area contributed by atoms with E-state index < -0.39 is 0 Å². The number of nitrogens with zero attached hydrogens (tertiary/aromatic N) is 1. The summed E-state index contributed by atoms with van der Waals surface area (Å²) in [5, 5.41) is 0. The van der Waals surface area contributed by atoms with Gasteiger partial charge in [-0.3, -0.25) is 4.90 Å². The topological polar surface area (TPSA) is 12.5 Å². The van der Waals surface area contributed by atoms with Crippen LogP contribution in [0, 0.1) is 0 Å². The third kappa shape index (κ3) is 2.46. The lowest BCUT2D eigenvalue weighted by Crippen LogP contribution is -2.46. The van der Waals surface area contributed by atoms with E-state index in [9.17, 15) is 0 Å². The van der Waals surface area contributed by atoms with E-state index in [4.69, 9.17) is 4.74 Å². The molecule has 0 radical (unpaired) electrons. The maximum atomic E-state index is 5.51. The molecule has 2 heteroatoms. The van der Waals surface area contributed by atoms with E-state index in [-0.39, 0.29) is 0 Å². The van der Waals surface area contributed by atoms with Crippen LogP contribution in [0.5, 0.6) is 0 Å². The molecule has 1 unspecified atom stereocenters. The Hall–Kier alpha value is -0.0800. The maximum Gasteiger partial charge on any atom is 0.0674 e. The van der Waals surface area contributed by atoms with Crippen LogP contribution in [-0.2, 0) is 4.74 Å². The van der Waals surface area contributed by atoms with E-state index in [0.717, 1.165) is 25.7 Å². The van der Waals surface area contributed by atoms with Crippen LogP contribution >= 0.6 is 0 Å². The molecule has 1 saturated heterocycles. The highest BCUT2D eigenvalue weighted by molar-refractivity contribution is 4.74. The number of hydrogen-bond donors (Lipinski definition) is 0. The van der Waals surface area contributed by atoms with Crippen molar-refractivity contribution in [3.05, 3.63) is 0 Å². The summed E-state index contributed by atoms with van der Waals surface area (Å²) < 4.78 is 5.51. The predicted molar refractivity (Wildman–Crippen MR) is 51.4 cm³/mol. The second-order valence-electron chi connectivity index (χ2n) is 3.65. The molecule has 1 atom stereocenters. The fourth-order valence-corrected chi connectivity index (χ4v) is 1.98. The molecule has 1 heterocycles. The van der Waals surface area contributed by atoms with Crippen LogP contribution in [0.1, 0.15) is 33.6 Å². The molecule has 1 aliphatic rings. The van der Waals surface area contributed by atoms with Crippen LogP contribution in [0.2, 0.25) is 0 Å². The molecule has 0 spiro atoms. The first-order valence-electron chi connectivity index (χ1n) is 5.13. The Morgan fingerprint density at radius 1 is 1.42 bits per heavy atom. The molecule has 2 nitrogen and oxygen atoms in total. The first-order valence-corrected chi connectivity index (χ1v) is 5.13. The van der Waals surface area contributed by atoms with Gasteiger partial charge >= 0.3 is 0 Å². The summed E-state index contributed by atoms with van der Waals surface area (Å²) in [5.74, 6) is 0. The molecule has 0 aromatic carbocycles.